The van der Waals surface area contributed by atoms with Crippen LogP contribution in [0.2, 0.25) is 0 Å². The van der Waals surface area contributed by atoms with E-state index in [1.54, 1.807) is 0 Å². The zero-order valence-electron chi connectivity index (χ0n) is 11.8. The van der Waals surface area contributed by atoms with E-state index in [-0.39, 0.29) is 6.04 Å². The van der Waals surface area contributed by atoms with Gasteiger partial charge in [-0.1, -0.05) is 25.1 Å². The summed E-state index contributed by atoms with van der Waals surface area (Å²) in [5, 5.41) is 0. The molecule has 102 valence electrons. The van der Waals surface area contributed by atoms with E-state index < -0.39 is 0 Å². The Labute approximate surface area is 114 Å². The van der Waals surface area contributed by atoms with Crippen LogP contribution >= 0.6 is 0 Å². The first-order valence-electron chi connectivity index (χ1n) is 6.67. The third-order valence-electron chi connectivity index (χ3n) is 3.13. The van der Waals surface area contributed by atoms with E-state index in [1.807, 2.05) is 44.2 Å². The van der Waals surface area contributed by atoms with Gasteiger partial charge >= 0.3 is 0 Å². The summed E-state index contributed by atoms with van der Waals surface area (Å²) in [6.07, 6.45) is 0.980. The van der Waals surface area contributed by atoms with Gasteiger partial charge in [0.1, 0.15) is 17.3 Å². The molecule has 1 aromatic heterocycles. The maximum absolute atomic E-state index is 6.36. The maximum Gasteiger partial charge on any atom is 0.124 e. The Balaban J connectivity index is 2.32. The summed E-state index contributed by atoms with van der Waals surface area (Å²) in [5.41, 5.74) is 8.38. The number of nitrogens with two attached hydrogens (primary N) is 1. The van der Waals surface area contributed by atoms with Crippen molar-refractivity contribution in [1.82, 2.24) is 0 Å². The lowest BCUT2D eigenvalue weighted by Gasteiger charge is -2.16. The predicted octanol–water partition coefficient (Wildman–Crippen LogP) is 3.73. The number of para-hydroxylation sites is 1. The van der Waals surface area contributed by atoms with Gasteiger partial charge in [0.25, 0.3) is 0 Å². The molecule has 0 saturated heterocycles. The molecule has 2 N–H and O–H groups in total. The molecule has 0 aliphatic heterocycles. The first-order valence-corrected chi connectivity index (χ1v) is 6.67. The molecule has 2 aromatic rings. The van der Waals surface area contributed by atoms with Gasteiger partial charge in [-0.15, -0.1) is 0 Å². The van der Waals surface area contributed by atoms with E-state index in [0.29, 0.717) is 6.61 Å². The zero-order chi connectivity index (χ0) is 13.8. The average Bonchev–Trinajstić information content (AvgIpc) is 2.75. The fourth-order valence-electron chi connectivity index (χ4n) is 2.21. The molecule has 0 bridgehead atoms. The lowest BCUT2D eigenvalue weighted by atomic mass is 9.99. The summed E-state index contributed by atoms with van der Waals surface area (Å²) >= 11 is 0. The highest BCUT2D eigenvalue weighted by Crippen LogP contribution is 2.31. The van der Waals surface area contributed by atoms with Gasteiger partial charge < -0.3 is 14.9 Å². The number of ether oxygens (including phenoxy) is 1. The molecule has 3 heteroatoms. The summed E-state index contributed by atoms with van der Waals surface area (Å²) < 4.78 is 11.3. The molecule has 1 atom stereocenters. The van der Waals surface area contributed by atoms with Crippen LogP contribution in [-0.2, 0) is 0 Å². The van der Waals surface area contributed by atoms with Gasteiger partial charge in [-0.05, 0) is 32.4 Å². The minimum atomic E-state index is -0.217. The number of hydrogen-bond acceptors (Lipinski definition) is 3. The van der Waals surface area contributed by atoms with Crippen LogP contribution < -0.4 is 10.5 Å². The molecule has 0 saturated carbocycles. The fourth-order valence-corrected chi connectivity index (χ4v) is 2.21. The lowest BCUT2D eigenvalue weighted by molar-refractivity contribution is 0.313. The number of furan rings is 1. The zero-order valence-corrected chi connectivity index (χ0v) is 11.8. The molecule has 2 rings (SSSR count). The van der Waals surface area contributed by atoms with Crippen LogP contribution in [0.25, 0.3) is 0 Å². The Morgan fingerprint density at radius 3 is 2.58 bits per heavy atom. The molecule has 1 heterocycles. The number of aryl methyl sites for hydroxylation is 2. The van der Waals surface area contributed by atoms with E-state index in [4.69, 9.17) is 14.9 Å². The van der Waals surface area contributed by atoms with Crippen molar-refractivity contribution in [3.8, 4) is 5.75 Å². The van der Waals surface area contributed by atoms with Gasteiger partial charge in [0.05, 0.1) is 12.6 Å². The molecule has 0 spiro atoms. The Morgan fingerprint density at radius 1 is 1.21 bits per heavy atom. The topological polar surface area (TPSA) is 48.4 Å². The third-order valence-corrected chi connectivity index (χ3v) is 3.13. The Kier molecular flexibility index (Phi) is 4.27. The van der Waals surface area contributed by atoms with Crippen LogP contribution in [0.1, 0.15) is 42.0 Å². The first-order chi connectivity index (χ1) is 9.13. The molecule has 19 heavy (non-hydrogen) atoms. The minimum absolute atomic E-state index is 0.217. The van der Waals surface area contributed by atoms with Crippen molar-refractivity contribution in [1.29, 1.82) is 0 Å². The molecule has 0 fully saturated rings. The van der Waals surface area contributed by atoms with Crippen molar-refractivity contribution in [2.24, 2.45) is 5.73 Å². The highest BCUT2D eigenvalue weighted by Gasteiger charge is 2.18. The first kappa shape index (κ1) is 13.7. The van der Waals surface area contributed by atoms with Crippen molar-refractivity contribution in [2.75, 3.05) is 6.61 Å². The van der Waals surface area contributed by atoms with Crippen LogP contribution in [0, 0.1) is 13.8 Å². The highest BCUT2D eigenvalue weighted by molar-refractivity contribution is 5.42. The second-order valence-corrected chi connectivity index (χ2v) is 4.73. The predicted molar refractivity (Wildman–Crippen MR) is 76.4 cm³/mol. The van der Waals surface area contributed by atoms with E-state index >= 15 is 0 Å². The molecule has 0 aliphatic rings. The molecule has 0 amide bonds. The van der Waals surface area contributed by atoms with Gasteiger partial charge in [0.2, 0.25) is 0 Å². The average molecular weight is 259 g/mol. The molecular formula is C16H21NO2. The minimum Gasteiger partial charge on any atom is -0.493 e. The highest BCUT2D eigenvalue weighted by atomic mass is 16.5. The maximum atomic E-state index is 6.36. The summed E-state index contributed by atoms with van der Waals surface area (Å²) in [6.45, 7) is 6.67. The quantitative estimate of drug-likeness (QED) is 0.890. The Morgan fingerprint density at radius 2 is 1.95 bits per heavy atom. The Hall–Kier alpha value is -1.74. The molecule has 1 unspecified atom stereocenters. The van der Waals surface area contributed by atoms with E-state index in [1.165, 1.54) is 0 Å². The normalized spacial score (nSPS) is 12.4. The smallest absolute Gasteiger partial charge is 0.124 e. The van der Waals surface area contributed by atoms with Crippen molar-refractivity contribution in [3.63, 3.8) is 0 Å². The van der Waals surface area contributed by atoms with Crippen LogP contribution in [0.3, 0.4) is 0 Å². The largest absolute Gasteiger partial charge is 0.493 e. The van der Waals surface area contributed by atoms with E-state index in [2.05, 4.69) is 6.92 Å². The van der Waals surface area contributed by atoms with Crippen LogP contribution in [0.4, 0.5) is 0 Å². The second kappa shape index (κ2) is 5.93. The van der Waals surface area contributed by atoms with E-state index in [0.717, 1.165) is 34.8 Å². The van der Waals surface area contributed by atoms with Crippen molar-refractivity contribution < 1.29 is 9.15 Å². The van der Waals surface area contributed by atoms with Crippen molar-refractivity contribution >= 4 is 0 Å². The fraction of sp³-hybridized carbons (Fsp3) is 0.375. The molecule has 0 aliphatic carbocycles. The number of hydrogen-bond donors (Lipinski definition) is 1. The van der Waals surface area contributed by atoms with Crippen LogP contribution in [-0.4, -0.2) is 6.61 Å². The van der Waals surface area contributed by atoms with Gasteiger partial charge in [-0.3, -0.25) is 0 Å². The van der Waals surface area contributed by atoms with Crippen molar-refractivity contribution in [2.45, 2.75) is 33.2 Å². The van der Waals surface area contributed by atoms with E-state index in [9.17, 15) is 0 Å². The standard InChI is InChI=1S/C16H21NO2/c1-4-9-18-15-8-6-5-7-13(15)16(17)14-10-11(2)19-12(14)3/h5-8,10,16H,4,9,17H2,1-3H3. The summed E-state index contributed by atoms with van der Waals surface area (Å²) in [5.74, 6) is 2.61. The molecular weight excluding hydrogens is 238 g/mol. The number of benzene rings is 1. The molecule has 1 aromatic carbocycles. The van der Waals surface area contributed by atoms with Crippen LogP contribution in [0.5, 0.6) is 5.75 Å². The summed E-state index contributed by atoms with van der Waals surface area (Å²) in [6, 6.07) is 9.71. The molecule has 0 radical (unpaired) electrons. The number of rotatable bonds is 5. The summed E-state index contributed by atoms with van der Waals surface area (Å²) in [4.78, 5) is 0. The van der Waals surface area contributed by atoms with Crippen LogP contribution in [0.15, 0.2) is 34.7 Å². The summed E-state index contributed by atoms with van der Waals surface area (Å²) in [7, 11) is 0. The SMILES string of the molecule is CCCOc1ccccc1C(N)c1cc(C)oc1C. The van der Waals surface area contributed by atoms with Crippen molar-refractivity contribution in [3.05, 3.63) is 53.0 Å². The lowest BCUT2D eigenvalue weighted by Crippen LogP contribution is -2.14. The van der Waals surface area contributed by atoms with Gasteiger partial charge in [-0.2, -0.15) is 0 Å². The van der Waals surface area contributed by atoms with Gasteiger partial charge in [0, 0.05) is 11.1 Å². The van der Waals surface area contributed by atoms with Gasteiger partial charge in [-0.25, -0.2) is 0 Å². The second-order valence-electron chi connectivity index (χ2n) is 4.73. The molecule has 3 nitrogen and oxygen atoms in total. The van der Waals surface area contributed by atoms with Gasteiger partial charge in [0.15, 0.2) is 0 Å². The monoisotopic (exact) mass is 259 g/mol. The third kappa shape index (κ3) is 2.99. The Bertz CT molecular complexity index is 545.